The smallest absolute Gasteiger partial charge is 0.167 e. The van der Waals surface area contributed by atoms with Crippen LogP contribution in [0.4, 0.5) is 0 Å². The van der Waals surface area contributed by atoms with Gasteiger partial charge in [-0.3, -0.25) is 4.79 Å². The topological polar surface area (TPSA) is 87.0 Å². The summed E-state index contributed by atoms with van der Waals surface area (Å²) in [5, 5.41) is 31.2. The Labute approximate surface area is 160 Å². The molecule has 0 fully saturated rings. The molecule has 0 bridgehead atoms. The molecule has 3 aliphatic rings. The lowest BCUT2D eigenvalue weighted by Gasteiger charge is -2.47. The van der Waals surface area contributed by atoms with Crippen LogP contribution >= 0.6 is 0 Å². The van der Waals surface area contributed by atoms with Gasteiger partial charge >= 0.3 is 0 Å². The Morgan fingerprint density at radius 1 is 0.893 bits per heavy atom. The minimum Gasteiger partial charge on any atom is -0.508 e. The summed E-state index contributed by atoms with van der Waals surface area (Å²) >= 11 is 0. The third-order valence-corrected chi connectivity index (χ3v) is 6.29. The summed E-state index contributed by atoms with van der Waals surface area (Å²) in [5.74, 6) is 0.0542. The molecule has 2 aliphatic carbocycles. The van der Waals surface area contributed by atoms with E-state index in [1.807, 2.05) is 30.3 Å². The Morgan fingerprint density at radius 2 is 1.68 bits per heavy atom. The van der Waals surface area contributed by atoms with Crippen LogP contribution in [0, 0.1) is 0 Å². The molecule has 6 rings (SSSR count). The van der Waals surface area contributed by atoms with Crippen molar-refractivity contribution in [3.63, 3.8) is 0 Å². The largest absolute Gasteiger partial charge is 0.508 e. The summed E-state index contributed by atoms with van der Waals surface area (Å²) in [5.41, 5.74) is 3.84. The Bertz CT molecular complexity index is 1200. The number of benzene rings is 3. The summed E-state index contributed by atoms with van der Waals surface area (Å²) in [4.78, 5) is 13.0. The summed E-state index contributed by atoms with van der Waals surface area (Å²) in [6, 6.07) is 13.9. The Kier molecular flexibility index (Phi) is 2.82. The average Bonchev–Trinajstić information content (AvgIpc) is 2.67. The van der Waals surface area contributed by atoms with Crippen LogP contribution in [0.2, 0.25) is 0 Å². The third kappa shape index (κ3) is 1.78. The van der Waals surface area contributed by atoms with Gasteiger partial charge in [-0.15, -0.1) is 0 Å². The number of phenols is 3. The molecule has 1 aliphatic heterocycles. The van der Waals surface area contributed by atoms with Gasteiger partial charge in [-0.05, 0) is 34.9 Å². The number of carbonyl (C=O) groups excluding carboxylic acids is 1. The highest BCUT2D eigenvalue weighted by molar-refractivity contribution is 6.05. The van der Waals surface area contributed by atoms with Crippen molar-refractivity contribution in [1.82, 2.24) is 0 Å². The molecular weight excluding hydrogens is 356 g/mol. The van der Waals surface area contributed by atoms with Gasteiger partial charge in [0.2, 0.25) is 0 Å². The number of rotatable bonds is 0. The van der Waals surface area contributed by atoms with E-state index in [-0.39, 0.29) is 53.0 Å². The minimum atomic E-state index is -0.365. The van der Waals surface area contributed by atoms with E-state index in [1.165, 1.54) is 6.07 Å². The van der Waals surface area contributed by atoms with Crippen molar-refractivity contribution in [2.45, 2.75) is 24.4 Å². The van der Waals surface area contributed by atoms with Gasteiger partial charge in [-0.2, -0.15) is 0 Å². The van der Waals surface area contributed by atoms with Gasteiger partial charge in [-0.1, -0.05) is 24.3 Å². The van der Waals surface area contributed by atoms with E-state index in [9.17, 15) is 20.1 Å². The molecule has 0 spiro atoms. The number of fused-ring (bicyclic) bond motifs is 5. The first kappa shape index (κ1) is 15.6. The lowest BCUT2D eigenvalue weighted by molar-refractivity contribution is 0.0869. The molecule has 0 saturated heterocycles. The Morgan fingerprint density at radius 3 is 2.54 bits per heavy atom. The molecule has 0 saturated carbocycles. The van der Waals surface area contributed by atoms with Crippen molar-refractivity contribution in [1.29, 1.82) is 0 Å². The summed E-state index contributed by atoms with van der Waals surface area (Å²) in [6.07, 6.45) is -0.0873. The molecule has 0 aromatic heterocycles. The maximum atomic E-state index is 13.0. The van der Waals surface area contributed by atoms with Gasteiger partial charge in [0.15, 0.2) is 5.78 Å². The van der Waals surface area contributed by atoms with E-state index in [0.29, 0.717) is 16.7 Å². The Balaban J connectivity index is 1.76. The van der Waals surface area contributed by atoms with Gasteiger partial charge in [0.05, 0.1) is 5.56 Å². The first-order valence-electron chi connectivity index (χ1n) is 9.25. The molecule has 3 aromatic rings. The predicted molar refractivity (Wildman–Crippen MR) is 101 cm³/mol. The van der Waals surface area contributed by atoms with Crippen molar-refractivity contribution in [2.75, 3.05) is 0 Å². The van der Waals surface area contributed by atoms with E-state index in [0.717, 1.165) is 16.9 Å². The lowest BCUT2D eigenvalue weighted by Crippen LogP contribution is -2.36. The first-order chi connectivity index (χ1) is 13.5. The fraction of sp³-hybridized carbons (Fsp3) is 0.174. The van der Waals surface area contributed by atoms with Crippen LogP contribution in [0.5, 0.6) is 23.0 Å². The quantitative estimate of drug-likeness (QED) is 0.545. The number of hydrogen-bond acceptors (Lipinski definition) is 5. The van der Waals surface area contributed by atoms with Gasteiger partial charge < -0.3 is 20.1 Å². The number of aromatic hydroxyl groups is 3. The number of hydrogen-bond donors (Lipinski definition) is 3. The van der Waals surface area contributed by atoms with Crippen molar-refractivity contribution in [2.24, 2.45) is 0 Å². The summed E-state index contributed by atoms with van der Waals surface area (Å²) in [7, 11) is 0. The highest BCUT2D eigenvalue weighted by Gasteiger charge is 2.51. The van der Waals surface area contributed by atoms with Crippen LogP contribution in [0.3, 0.4) is 0 Å². The van der Waals surface area contributed by atoms with E-state index in [1.54, 1.807) is 12.1 Å². The molecule has 5 nitrogen and oxygen atoms in total. The zero-order valence-electron chi connectivity index (χ0n) is 14.7. The fourth-order valence-electron chi connectivity index (χ4n) is 5.25. The van der Waals surface area contributed by atoms with Crippen molar-refractivity contribution >= 4 is 5.78 Å². The normalized spacial score (nSPS) is 23.3. The molecule has 138 valence electrons. The van der Waals surface area contributed by atoms with Gasteiger partial charge in [0.25, 0.3) is 0 Å². The second-order valence-electron chi connectivity index (χ2n) is 7.69. The van der Waals surface area contributed by atoms with E-state index < -0.39 is 0 Å². The standard InChI is InChI=1S/C23H16O5/c24-10-5-6-12-13(7-10)19-16(26)9-17(27)21-15(25)8-14-11-3-1-2-4-18(11)28-23(12)20(14)22(19)21/h1-7,9,14,20,23-24,26-27H,8H2. The first-order valence-corrected chi connectivity index (χ1v) is 9.25. The Hall–Kier alpha value is -3.47. The number of Topliss-reactive ketones (excluding diaryl/α,β-unsaturated/α-hetero) is 1. The second kappa shape index (κ2) is 5.07. The van der Waals surface area contributed by atoms with E-state index >= 15 is 0 Å². The van der Waals surface area contributed by atoms with Crippen LogP contribution in [0.15, 0.2) is 48.5 Å². The van der Waals surface area contributed by atoms with Crippen LogP contribution in [0.1, 0.15) is 51.4 Å². The van der Waals surface area contributed by atoms with Crippen LogP contribution in [-0.4, -0.2) is 21.1 Å². The third-order valence-electron chi connectivity index (χ3n) is 6.29. The summed E-state index contributed by atoms with van der Waals surface area (Å²) in [6.45, 7) is 0. The van der Waals surface area contributed by atoms with Gasteiger partial charge in [0, 0.05) is 35.4 Å². The molecular formula is C23H16O5. The second-order valence-corrected chi connectivity index (χ2v) is 7.69. The highest BCUT2D eigenvalue weighted by Crippen LogP contribution is 2.63. The van der Waals surface area contributed by atoms with Crippen molar-refractivity contribution in [3.8, 4) is 34.1 Å². The van der Waals surface area contributed by atoms with Crippen LogP contribution in [-0.2, 0) is 0 Å². The molecule has 3 unspecified atom stereocenters. The van der Waals surface area contributed by atoms with E-state index in [4.69, 9.17) is 4.74 Å². The molecule has 0 radical (unpaired) electrons. The summed E-state index contributed by atoms with van der Waals surface area (Å²) < 4.78 is 6.38. The lowest BCUT2D eigenvalue weighted by atomic mass is 9.61. The molecule has 5 heteroatoms. The minimum absolute atomic E-state index is 0.0633. The molecule has 3 atom stereocenters. The number of ketones is 1. The molecule has 1 heterocycles. The molecule has 28 heavy (non-hydrogen) atoms. The highest BCUT2D eigenvalue weighted by atomic mass is 16.5. The molecule has 3 N–H and O–H groups in total. The maximum Gasteiger partial charge on any atom is 0.167 e. The number of phenolic OH excluding ortho intramolecular Hbond substituents is 3. The predicted octanol–water partition coefficient (Wildman–Crippen LogP) is 4.37. The van der Waals surface area contributed by atoms with Crippen molar-refractivity contribution < 1.29 is 24.9 Å². The van der Waals surface area contributed by atoms with Gasteiger partial charge in [0.1, 0.15) is 29.1 Å². The zero-order chi connectivity index (χ0) is 19.2. The van der Waals surface area contributed by atoms with Gasteiger partial charge in [-0.25, -0.2) is 0 Å². The molecule has 3 aromatic carbocycles. The number of carbonyl (C=O) groups is 1. The van der Waals surface area contributed by atoms with Crippen LogP contribution in [0.25, 0.3) is 11.1 Å². The molecule has 0 amide bonds. The van der Waals surface area contributed by atoms with Crippen molar-refractivity contribution in [3.05, 3.63) is 70.8 Å². The fourth-order valence-corrected chi connectivity index (χ4v) is 5.25. The average molecular weight is 372 g/mol. The SMILES string of the molecule is O=C1CC2c3ccccc3OC3c4ccc(O)cc4-c4c(O)cc(O)c1c4C23. The van der Waals surface area contributed by atoms with Crippen LogP contribution < -0.4 is 4.74 Å². The number of ether oxygens (including phenoxy) is 1. The number of para-hydroxylation sites is 1. The monoisotopic (exact) mass is 372 g/mol. The van der Waals surface area contributed by atoms with E-state index in [2.05, 4.69) is 0 Å². The maximum absolute atomic E-state index is 13.0. The zero-order valence-corrected chi connectivity index (χ0v) is 14.7.